The number of amides is 5. The molecular weight excluding hydrogens is 694 g/mol. The first-order valence-corrected chi connectivity index (χ1v) is 19.5. The summed E-state index contributed by atoms with van der Waals surface area (Å²) in [6, 6.07) is -2.19. The van der Waals surface area contributed by atoms with Gasteiger partial charge in [-0.2, -0.15) is 8.42 Å². The monoisotopic (exact) mass is 747 g/mol. The second-order valence-corrected chi connectivity index (χ2v) is 15.6. The number of allylic oxidation sites excluding steroid dienone is 3. The van der Waals surface area contributed by atoms with Crippen LogP contribution in [0.2, 0.25) is 0 Å². The van der Waals surface area contributed by atoms with Crippen LogP contribution >= 0.6 is 0 Å². The Balaban J connectivity index is 1.18. The highest BCUT2D eigenvalue weighted by Gasteiger charge is 2.41. The zero-order chi connectivity index (χ0) is 37.9. The van der Waals surface area contributed by atoms with Crippen LogP contribution < -0.4 is 15.4 Å². The normalized spacial score (nSPS) is 21.7. The Morgan fingerprint density at radius 3 is 2.63 bits per heavy atom. The molecular formula is C36H53N5O10S. The highest BCUT2D eigenvalue weighted by molar-refractivity contribution is 7.85. The van der Waals surface area contributed by atoms with Gasteiger partial charge in [0.15, 0.2) is 0 Å². The second kappa shape index (κ2) is 18.5. The van der Waals surface area contributed by atoms with Crippen LogP contribution in [0.25, 0.3) is 0 Å². The number of unbranched alkanes of at least 4 members (excludes halogenated alkanes) is 2. The highest BCUT2D eigenvalue weighted by atomic mass is 32.2. The van der Waals surface area contributed by atoms with E-state index in [1.54, 1.807) is 0 Å². The van der Waals surface area contributed by atoms with Crippen LogP contribution in [0.3, 0.4) is 0 Å². The van der Waals surface area contributed by atoms with E-state index in [4.69, 9.17) is 8.92 Å². The molecule has 2 aliphatic carbocycles. The van der Waals surface area contributed by atoms with E-state index in [2.05, 4.69) is 35.4 Å². The van der Waals surface area contributed by atoms with Gasteiger partial charge in [0.25, 0.3) is 5.91 Å². The SMILES string of the molecule is C=CC(CCC)C(NC(=O)C1CCCN1C(=O)CNC(=O)OCCCCC=CC1CC=CC2=C1CN(C(=O)O)C2)C(=O)NS(=O)(=O)OCC1(C)CC1. The molecule has 4 atom stereocenters. The van der Waals surface area contributed by atoms with Crippen molar-refractivity contribution in [3.05, 3.63) is 48.1 Å². The molecule has 4 rings (SSSR count). The summed E-state index contributed by atoms with van der Waals surface area (Å²) in [5, 5.41) is 14.4. The maximum atomic E-state index is 13.4. The van der Waals surface area contributed by atoms with Gasteiger partial charge in [-0.3, -0.25) is 18.6 Å². The Morgan fingerprint density at radius 2 is 1.94 bits per heavy atom. The Hall–Kier alpha value is -4.18. The fraction of sp³-hybridized carbons (Fsp3) is 0.639. The van der Waals surface area contributed by atoms with E-state index in [1.165, 1.54) is 15.9 Å². The van der Waals surface area contributed by atoms with Crippen LogP contribution in [0.5, 0.6) is 0 Å². The van der Waals surface area contributed by atoms with Crippen molar-refractivity contribution in [1.29, 1.82) is 0 Å². The summed E-state index contributed by atoms with van der Waals surface area (Å²) < 4.78 is 37.2. The lowest BCUT2D eigenvalue weighted by Crippen LogP contribution is -2.56. The number of ether oxygens (including phenoxy) is 1. The molecule has 4 aliphatic rings. The van der Waals surface area contributed by atoms with Gasteiger partial charge in [-0.15, -0.1) is 6.58 Å². The summed E-state index contributed by atoms with van der Waals surface area (Å²) in [7, 11) is -4.42. The number of hydrogen-bond donors (Lipinski definition) is 4. The summed E-state index contributed by atoms with van der Waals surface area (Å²) in [5.74, 6) is -2.47. The van der Waals surface area contributed by atoms with E-state index in [-0.39, 0.29) is 37.6 Å². The molecule has 0 aromatic heterocycles. The van der Waals surface area contributed by atoms with Gasteiger partial charge in [0.2, 0.25) is 11.8 Å². The zero-order valence-electron chi connectivity index (χ0n) is 30.1. The van der Waals surface area contributed by atoms with Crippen LogP contribution in [0.4, 0.5) is 9.59 Å². The second-order valence-electron chi connectivity index (χ2n) is 14.3. The number of alkyl carbamates (subject to hydrolysis) is 1. The molecule has 0 aromatic rings. The van der Waals surface area contributed by atoms with Gasteiger partial charge in [-0.05, 0) is 74.3 Å². The number of hydrogen-bond acceptors (Lipinski definition) is 9. The summed E-state index contributed by atoms with van der Waals surface area (Å²) in [6.07, 6.45) is 14.7. The van der Waals surface area contributed by atoms with Crippen molar-refractivity contribution in [2.45, 2.75) is 90.1 Å². The molecule has 0 radical (unpaired) electrons. The van der Waals surface area contributed by atoms with Gasteiger partial charge in [-0.25, -0.2) is 14.3 Å². The zero-order valence-corrected chi connectivity index (χ0v) is 31.0. The molecule has 2 aliphatic heterocycles. The predicted octanol–water partition coefficient (Wildman–Crippen LogP) is 3.56. The van der Waals surface area contributed by atoms with Crippen molar-refractivity contribution >= 4 is 40.2 Å². The van der Waals surface area contributed by atoms with Gasteiger partial charge in [-0.1, -0.05) is 50.6 Å². The largest absolute Gasteiger partial charge is 0.465 e. The molecule has 16 heteroatoms. The quantitative estimate of drug-likeness (QED) is 0.112. The minimum Gasteiger partial charge on any atom is -0.465 e. The van der Waals surface area contributed by atoms with Crippen molar-refractivity contribution in [3.63, 3.8) is 0 Å². The van der Waals surface area contributed by atoms with E-state index < -0.39 is 58.2 Å². The first-order valence-electron chi connectivity index (χ1n) is 18.1. The average molecular weight is 748 g/mol. The van der Waals surface area contributed by atoms with Crippen molar-refractivity contribution in [2.75, 3.05) is 39.4 Å². The molecule has 4 N–H and O–H groups in total. The van der Waals surface area contributed by atoms with E-state index in [0.29, 0.717) is 45.2 Å². The minimum atomic E-state index is -4.42. The average Bonchev–Trinajstić information content (AvgIpc) is 3.46. The van der Waals surface area contributed by atoms with Crippen LogP contribution in [0, 0.1) is 17.3 Å². The van der Waals surface area contributed by atoms with Gasteiger partial charge >= 0.3 is 22.5 Å². The lowest BCUT2D eigenvalue weighted by Gasteiger charge is -2.29. The van der Waals surface area contributed by atoms with Gasteiger partial charge in [0.05, 0.1) is 13.2 Å². The molecule has 52 heavy (non-hydrogen) atoms. The number of carboxylic acid groups (broad SMARTS) is 1. The standard InChI is InChI=1S/C36H53N5O10S/c1-4-12-25(5-2)31(33(44)39-52(48,49)51-24-36(3)17-18-36)38-32(43)29-16-11-19-41(29)30(42)21-37-34(45)50-20-9-7-6-8-13-26-14-10-15-27-22-40(35(46)47)23-28(26)27/h5,8,10,13,15,25-26,29,31H,2,4,6-7,9,11-12,14,16-24H2,1,3H3,(H,37,45)(H,38,43)(H,39,44)(H,46,47). The Morgan fingerprint density at radius 1 is 1.17 bits per heavy atom. The Labute approximate surface area is 306 Å². The van der Waals surface area contributed by atoms with E-state index in [9.17, 15) is 37.5 Å². The summed E-state index contributed by atoms with van der Waals surface area (Å²) in [5.41, 5.74) is 1.98. The van der Waals surface area contributed by atoms with Crippen LogP contribution in [0.1, 0.15) is 78.1 Å². The lowest BCUT2D eigenvalue weighted by molar-refractivity contribution is -0.139. The molecule has 15 nitrogen and oxygen atoms in total. The molecule has 1 saturated heterocycles. The molecule has 4 unspecified atom stereocenters. The molecule has 1 saturated carbocycles. The summed E-state index contributed by atoms with van der Waals surface area (Å²) >= 11 is 0. The molecule has 0 bridgehead atoms. The number of likely N-dealkylation sites (tertiary alicyclic amines) is 1. The molecule has 0 aromatic carbocycles. The van der Waals surface area contributed by atoms with Gasteiger partial charge < -0.3 is 30.3 Å². The minimum absolute atomic E-state index is 0.0536. The molecule has 5 amide bonds. The molecule has 0 spiro atoms. The lowest BCUT2D eigenvalue weighted by atomic mass is 9.88. The van der Waals surface area contributed by atoms with Crippen molar-refractivity contribution in [1.82, 2.24) is 25.2 Å². The molecule has 2 heterocycles. The van der Waals surface area contributed by atoms with Crippen molar-refractivity contribution in [3.8, 4) is 0 Å². The Kier molecular flexibility index (Phi) is 14.5. The third-order valence-electron chi connectivity index (χ3n) is 10.0. The third-order valence-corrected chi connectivity index (χ3v) is 10.9. The van der Waals surface area contributed by atoms with Gasteiger partial charge in [0, 0.05) is 31.5 Å². The van der Waals surface area contributed by atoms with Crippen molar-refractivity contribution < 1.29 is 46.4 Å². The first kappa shape index (κ1) is 40.6. The van der Waals surface area contributed by atoms with Crippen molar-refractivity contribution in [2.24, 2.45) is 17.3 Å². The van der Waals surface area contributed by atoms with E-state index in [0.717, 1.165) is 43.3 Å². The fourth-order valence-corrected chi connectivity index (χ4v) is 7.48. The number of nitrogens with one attached hydrogen (secondary N) is 3. The highest BCUT2D eigenvalue weighted by Crippen LogP contribution is 2.45. The van der Waals surface area contributed by atoms with Crippen LogP contribution in [-0.2, 0) is 33.6 Å². The fourth-order valence-electron chi connectivity index (χ4n) is 6.61. The van der Waals surface area contributed by atoms with Crippen LogP contribution in [0.15, 0.2) is 48.1 Å². The summed E-state index contributed by atoms with van der Waals surface area (Å²) in [4.78, 5) is 66.1. The maximum Gasteiger partial charge on any atom is 0.407 e. The topological polar surface area (TPSA) is 201 Å². The number of rotatable bonds is 19. The predicted molar refractivity (Wildman–Crippen MR) is 192 cm³/mol. The van der Waals surface area contributed by atoms with Crippen LogP contribution in [-0.4, -0.2) is 105 Å². The molecule has 2 fully saturated rings. The number of nitrogens with zero attached hydrogens (tertiary/aromatic N) is 2. The Bertz CT molecular complexity index is 1550. The molecule has 288 valence electrons. The van der Waals surface area contributed by atoms with E-state index in [1.807, 2.05) is 24.6 Å². The maximum absolute atomic E-state index is 13.4. The summed E-state index contributed by atoms with van der Waals surface area (Å²) in [6.45, 7) is 8.38. The van der Waals surface area contributed by atoms with E-state index >= 15 is 0 Å². The number of carbonyl (C=O) groups excluding carboxylic acids is 4. The number of carbonyl (C=O) groups is 5. The first-order chi connectivity index (χ1) is 24.8. The third kappa shape index (κ3) is 11.7. The van der Waals surface area contributed by atoms with Gasteiger partial charge in [0.1, 0.15) is 18.6 Å². The smallest absolute Gasteiger partial charge is 0.407 e.